The molecule has 0 nitrogen and oxygen atoms in total. The lowest BCUT2D eigenvalue weighted by Crippen LogP contribution is -2.11. The highest BCUT2D eigenvalue weighted by atomic mass is 14.4. The average molecular weight is 164 g/mol. The number of fused-ring (bicyclic) bond motifs is 4. The third-order valence-electron chi connectivity index (χ3n) is 3.91. The first kappa shape index (κ1) is 8.34. The molecule has 3 aliphatic carbocycles. The lowest BCUT2D eigenvalue weighted by Gasteiger charge is -2.25. The molecular formula is C12H20. The van der Waals surface area contributed by atoms with Gasteiger partial charge in [-0.25, -0.2) is 0 Å². The maximum Gasteiger partial charge on any atom is -0.0203 e. The van der Waals surface area contributed by atoms with Gasteiger partial charge in [-0.1, -0.05) is 25.5 Å². The second kappa shape index (κ2) is 3.24. The Bertz CT molecular complexity index is 180. The number of hydrogen-bond acceptors (Lipinski definition) is 0. The first-order chi connectivity index (χ1) is 5.79. The van der Waals surface area contributed by atoms with Crippen LogP contribution in [0.2, 0.25) is 0 Å². The van der Waals surface area contributed by atoms with Crippen molar-refractivity contribution >= 4 is 0 Å². The van der Waals surface area contributed by atoms with Gasteiger partial charge >= 0.3 is 0 Å². The molecule has 0 aromatic carbocycles. The molecule has 0 heterocycles. The minimum absolute atomic E-state index is 0.897. The maximum absolute atomic E-state index is 4.23. The molecule has 0 aliphatic heterocycles. The zero-order valence-corrected chi connectivity index (χ0v) is 8.18. The van der Waals surface area contributed by atoms with Crippen molar-refractivity contribution in [1.29, 1.82) is 0 Å². The summed E-state index contributed by atoms with van der Waals surface area (Å²) in [6.07, 6.45) is 8.61. The highest BCUT2D eigenvalue weighted by Gasteiger charge is 2.31. The van der Waals surface area contributed by atoms with E-state index >= 15 is 0 Å². The van der Waals surface area contributed by atoms with Crippen LogP contribution in [0.5, 0.6) is 0 Å². The number of allylic oxidation sites excluding steroid dienone is 1. The van der Waals surface area contributed by atoms with Crippen molar-refractivity contribution in [3.05, 3.63) is 12.2 Å². The molecule has 68 valence electrons. The largest absolute Gasteiger partial charge is 0.0996 e. The number of hydrogen-bond donors (Lipinski definition) is 0. The van der Waals surface area contributed by atoms with Gasteiger partial charge in [0.05, 0.1) is 0 Å². The lowest BCUT2D eigenvalue weighted by atomic mass is 9.81. The average Bonchev–Trinajstić information content (AvgIpc) is 2.34. The minimum atomic E-state index is 0.897. The molecule has 0 saturated heterocycles. The highest BCUT2D eigenvalue weighted by Crippen LogP contribution is 2.44. The molecule has 3 rings (SSSR count). The molecule has 3 atom stereocenters. The second-order valence-electron chi connectivity index (χ2n) is 4.75. The van der Waals surface area contributed by atoms with Crippen molar-refractivity contribution < 1.29 is 0 Å². The van der Waals surface area contributed by atoms with Crippen molar-refractivity contribution in [1.82, 2.24) is 0 Å². The molecule has 0 aromatic rings. The highest BCUT2D eigenvalue weighted by molar-refractivity contribution is 5.08. The molecule has 0 unspecified atom stereocenters. The Balaban J connectivity index is 2.10. The SMILES string of the molecule is C=C1C[C@H]2CC[C@@H]1C[C@@H](CC)C2. The molecule has 0 radical (unpaired) electrons. The molecule has 12 heavy (non-hydrogen) atoms. The van der Waals surface area contributed by atoms with Crippen LogP contribution in [0.15, 0.2) is 12.2 Å². The molecule has 3 fully saturated rings. The van der Waals surface area contributed by atoms with Gasteiger partial charge in [0.2, 0.25) is 0 Å². The fraction of sp³-hybridized carbons (Fsp3) is 0.833. The third kappa shape index (κ3) is 1.44. The van der Waals surface area contributed by atoms with Crippen LogP contribution >= 0.6 is 0 Å². The molecule has 2 bridgehead atoms. The van der Waals surface area contributed by atoms with E-state index in [-0.39, 0.29) is 0 Å². The zero-order valence-electron chi connectivity index (χ0n) is 8.18. The van der Waals surface area contributed by atoms with Crippen molar-refractivity contribution in [3.8, 4) is 0 Å². The van der Waals surface area contributed by atoms with Gasteiger partial charge in [0.15, 0.2) is 0 Å². The molecule has 0 heteroatoms. The summed E-state index contributed by atoms with van der Waals surface area (Å²) >= 11 is 0. The van der Waals surface area contributed by atoms with Crippen LogP contribution in [0.4, 0.5) is 0 Å². The monoisotopic (exact) mass is 164 g/mol. The predicted octanol–water partition coefficient (Wildman–Crippen LogP) is 3.78. The third-order valence-corrected chi connectivity index (χ3v) is 3.91. The van der Waals surface area contributed by atoms with E-state index in [9.17, 15) is 0 Å². The molecule has 3 saturated carbocycles. The van der Waals surface area contributed by atoms with Crippen LogP contribution in [0.3, 0.4) is 0 Å². The molecule has 0 amide bonds. The Kier molecular flexibility index (Phi) is 2.25. The van der Waals surface area contributed by atoms with Crippen molar-refractivity contribution in [3.63, 3.8) is 0 Å². The van der Waals surface area contributed by atoms with E-state index in [0.29, 0.717) is 0 Å². The van der Waals surface area contributed by atoms with Gasteiger partial charge in [-0.3, -0.25) is 0 Å². The van der Waals surface area contributed by atoms with Crippen LogP contribution in [-0.4, -0.2) is 0 Å². The Labute approximate surface area is 76.1 Å². The first-order valence-electron chi connectivity index (χ1n) is 5.47. The molecule has 0 aromatic heterocycles. The Morgan fingerprint density at radius 3 is 2.83 bits per heavy atom. The summed E-state index contributed by atoms with van der Waals surface area (Å²) in [4.78, 5) is 0. The molecule has 0 spiro atoms. The van der Waals surface area contributed by atoms with Gasteiger partial charge in [-0.15, -0.1) is 0 Å². The standard InChI is InChI=1S/C12H20/c1-3-10-7-11-4-5-12(8-10)9(2)6-11/h10-12H,2-8H2,1H3/t10-,11+,12+/m0/s1. The summed E-state index contributed by atoms with van der Waals surface area (Å²) < 4.78 is 0. The summed E-state index contributed by atoms with van der Waals surface area (Å²) in [5.41, 5.74) is 1.57. The molecule has 3 aliphatic rings. The van der Waals surface area contributed by atoms with E-state index in [1.54, 1.807) is 5.57 Å². The normalized spacial score (nSPS) is 41.4. The van der Waals surface area contributed by atoms with E-state index in [0.717, 1.165) is 17.8 Å². The molecular weight excluding hydrogens is 144 g/mol. The van der Waals surface area contributed by atoms with Gasteiger partial charge in [0.25, 0.3) is 0 Å². The van der Waals surface area contributed by atoms with Gasteiger partial charge < -0.3 is 0 Å². The topological polar surface area (TPSA) is 0 Å². The minimum Gasteiger partial charge on any atom is -0.0996 e. The predicted molar refractivity (Wildman–Crippen MR) is 53.0 cm³/mol. The Morgan fingerprint density at radius 1 is 1.33 bits per heavy atom. The van der Waals surface area contributed by atoms with E-state index < -0.39 is 0 Å². The maximum atomic E-state index is 4.23. The molecule has 0 N–H and O–H groups in total. The Hall–Kier alpha value is -0.260. The summed E-state index contributed by atoms with van der Waals surface area (Å²) in [5, 5.41) is 0. The lowest BCUT2D eigenvalue weighted by molar-refractivity contribution is 0.372. The van der Waals surface area contributed by atoms with Crippen molar-refractivity contribution in [2.75, 3.05) is 0 Å². The van der Waals surface area contributed by atoms with Crippen LogP contribution in [0.25, 0.3) is 0 Å². The van der Waals surface area contributed by atoms with Gasteiger partial charge in [-0.05, 0) is 49.9 Å². The quantitative estimate of drug-likeness (QED) is 0.517. The first-order valence-corrected chi connectivity index (χ1v) is 5.47. The number of rotatable bonds is 1. The van der Waals surface area contributed by atoms with Crippen LogP contribution < -0.4 is 0 Å². The van der Waals surface area contributed by atoms with E-state index in [2.05, 4.69) is 13.5 Å². The summed E-state index contributed by atoms with van der Waals surface area (Å²) in [7, 11) is 0. The van der Waals surface area contributed by atoms with Crippen LogP contribution in [0, 0.1) is 17.8 Å². The Morgan fingerprint density at radius 2 is 2.17 bits per heavy atom. The zero-order chi connectivity index (χ0) is 8.55. The van der Waals surface area contributed by atoms with Crippen molar-refractivity contribution in [2.45, 2.75) is 45.4 Å². The van der Waals surface area contributed by atoms with E-state index in [4.69, 9.17) is 0 Å². The van der Waals surface area contributed by atoms with Crippen LogP contribution in [0.1, 0.15) is 45.4 Å². The van der Waals surface area contributed by atoms with Crippen molar-refractivity contribution in [2.24, 2.45) is 17.8 Å². The van der Waals surface area contributed by atoms with Crippen LogP contribution in [-0.2, 0) is 0 Å². The van der Waals surface area contributed by atoms with Gasteiger partial charge in [0, 0.05) is 0 Å². The van der Waals surface area contributed by atoms with E-state index in [1.165, 1.54) is 38.5 Å². The smallest absolute Gasteiger partial charge is 0.0203 e. The fourth-order valence-electron chi connectivity index (χ4n) is 3.07. The van der Waals surface area contributed by atoms with Gasteiger partial charge in [0.1, 0.15) is 0 Å². The summed E-state index contributed by atoms with van der Waals surface area (Å²) in [6, 6.07) is 0. The van der Waals surface area contributed by atoms with E-state index in [1.807, 2.05) is 0 Å². The summed E-state index contributed by atoms with van der Waals surface area (Å²) in [6.45, 7) is 6.57. The second-order valence-corrected chi connectivity index (χ2v) is 4.75. The fourth-order valence-corrected chi connectivity index (χ4v) is 3.07. The van der Waals surface area contributed by atoms with Gasteiger partial charge in [-0.2, -0.15) is 0 Å². The summed E-state index contributed by atoms with van der Waals surface area (Å²) in [5.74, 6) is 2.91.